The van der Waals surface area contributed by atoms with E-state index in [0.717, 1.165) is 23.7 Å². The van der Waals surface area contributed by atoms with Crippen LogP contribution in [0.25, 0.3) is 11.3 Å². The van der Waals surface area contributed by atoms with Crippen molar-refractivity contribution in [1.29, 1.82) is 0 Å². The van der Waals surface area contributed by atoms with Crippen molar-refractivity contribution in [3.05, 3.63) is 94.3 Å². The van der Waals surface area contributed by atoms with E-state index in [1.54, 1.807) is 11.3 Å². The maximum absolute atomic E-state index is 4.88. The second-order valence-corrected chi connectivity index (χ2v) is 7.34. The Bertz CT molecular complexity index is 955. The van der Waals surface area contributed by atoms with Gasteiger partial charge in [-0.15, -0.1) is 11.3 Å². The molecule has 4 rings (SSSR count). The Hall–Kier alpha value is -2.72. The summed E-state index contributed by atoms with van der Waals surface area (Å²) >= 11 is 1.77. The van der Waals surface area contributed by atoms with Crippen molar-refractivity contribution in [2.75, 3.05) is 0 Å². The molecule has 3 nitrogen and oxygen atoms in total. The zero-order valence-electron chi connectivity index (χ0n) is 14.1. The Kier molecular flexibility index (Phi) is 4.44. The van der Waals surface area contributed by atoms with Crippen LogP contribution in [-0.2, 0) is 13.0 Å². The minimum atomic E-state index is 0.811. The lowest BCUT2D eigenvalue weighted by Crippen LogP contribution is -2.03. The highest BCUT2D eigenvalue weighted by atomic mass is 32.1. The lowest BCUT2D eigenvalue weighted by atomic mass is 10.1. The van der Waals surface area contributed by atoms with Crippen LogP contribution in [0, 0.1) is 6.92 Å². The summed E-state index contributed by atoms with van der Waals surface area (Å²) in [7, 11) is 0. The van der Waals surface area contributed by atoms with Gasteiger partial charge in [-0.25, -0.2) is 9.97 Å². The van der Waals surface area contributed by atoms with Crippen LogP contribution in [0.15, 0.2) is 73.2 Å². The molecule has 2 aromatic heterocycles. The van der Waals surface area contributed by atoms with Crippen molar-refractivity contribution in [2.24, 2.45) is 0 Å². The first-order valence-electron chi connectivity index (χ1n) is 8.34. The fraction of sp³-hybridized carbons (Fsp3) is 0.143. The number of hydrogen-bond donors (Lipinski definition) is 0. The normalized spacial score (nSPS) is 10.9. The molecular weight excluding hydrogens is 326 g/mol. The van der Waals surface area contributed by atoms with E-state index in [9.17, 15) is 0 Å². The van der Waals surface area contributed by atoms with Crippen molar-refractivity contribution >= 4 is 11.3 Å². The third-order valence-electron chi connectivity index (χ3n) is 4.21. The average molecular weight is 345 g/mol. The summed E-state index contributed by atoms with van der Waals surface area (Å²) in [5.74, 6) is 0. The van der Waals surface area contributed by atoms with E-state index in [0.29, 0.717) is 0 Å². The molecule has 0 atom stereocenters. The summed E-state index contributed by atoms with van der Waals surface area (Å²) < 4.78 is 2.20. The molecule has 0 amide bonds. The quantitative estimate of drug-likeness (QED) is 0.512. The van der Waals surface area contributed by atoms with E-state index < -0.39 is 0 Å². The maximum Gasteiger partial charge on any atom is 0.0994 e. The Morgan fingerprint density at radius 2 is 1.68 bits per heavy atom. The van der Waals surface area contributed by atoms with Gasteiger partial charge < -0.3 is 4.57 Å². The highest BCUT2D eigenvalue weighted by Crippen LogP contribution is 2.28. The molecule has 0 fully saturated rings. The van der Waals surface area contributed by atoms with Crippen molar-refractivity contribution in [3.63, 3.8) is 0 Å². The number of benzene rings is 2. The van der Waals surface area contributed by atoms with Crippen LogP contribution in [0.4, 0.5) is 0 Å². The predicted octanol–water partition coefficient (Wildman–Crippen LogP) is 4.95. The summed E-state index contributed by atoms with van der Waals surface area (Å²) in [5, 5.41) is 1.13. The topological polar surface area (TPSA) is 30.7 Å². The second kappa shape index (κ2) is 7.03. The molecule has 4 aromatic rings. The first-order valence-corrected chi connectivity index (χ1v) is 9.16. The van der Waals surface area contributed by atoms with Gasteiger partial charge in [0, 0.05) is 35.3 Å². The van der Waals surface area contributed by atoms with Crippen LogP contribution < -0.4 is 0 Å². The van der Waals surface area contributed by atoms with Crippen LogP contribution in [0.1, 0.15) is 21.1 Å². The minimum Gasteiger partial charge on any atom is -0.330 e. The van der Waals surface area contributed by atoms with E-state index in [1.165, 1.54) is 21.7 Å². The standard InChI is InChI=1S/C21H19N3S/c1-16-21(18-10-6-3-7-11-18)23-20(25-16)12-19-13-22-15-24(19)14-17-8-4-2-5-9-17/h2-11,13,15H,12,14H2,1H3. The lowest BCUT2D eigenvalue weighted by molar-refractivity contribution is 0.752. The zero-order chi connectivity index (χ0) is 17.1. The molecule has 0 N–H and O–H groups in total. The molecule has 0 aliphatic heterocycles. The number of rotatable bonds is 5. The van der Waals surface area contributed by atoms with Gasteiger partial charge >= 0.3 is 0 Å². The van der Waals surface area contributed by atoms with Crippen LogP contribution in [0.5, 0.6) is 0 Å². The maximum atomic E-state index is 4.88. The van der Waals surface area contributed by atoms with E-state index in [1.807, 2.05) is 24.7 Å². The molecule has 0 aliphatic carbocycles. The molecule has 0 radical (unpaired) electrons. The van der Waals surface area contributed by atoms with Gasteiger partial charge in [0.05, 0.1) is 17.0 Å². The minimum absolute atomic E-state index is 0.811. The van der Waals surface area contributed by atoms with Crippen molar-refractivity contribution in [2.45, 2.75) is 19.9 Å². The molecule has 25 heavy (non-hydrogen) atoms. The Morgan fingerprint density at radius 1 is 0.960 bits per heavy atom. The molecule has 0 unspecified atom stereocenters. The Labute approximate surface area is 151 Å². The summed E-state index contributed by atoms with van der Waals surface area (Å²) in [6, 6.07) is 20.9. The summed E-state index contributed by atoms with van der Waals surface area (Å²) in [5.41, 5.74) is 4.74. The highest BCUT2D eigenvalue weighted by molar-refractivity contribution is 7.12. The summed E-state index contributed by atoms with van der Waals surface area (Å²) in [4.78, 5) is 10.5. The molecule has 0 aliphatic rings. The third kappa shape index (κ3) is 3.54. The van der Waals surface area contributed by atoms with E-state index in [2.05, 4.69) is 65.0 Å². The van der Waals surface area contributed by atoms with Gasteiger partial charge in [-0.05, 0) is 12.5 Å². The van der Waals surface area contributed by atoms with Gasteiger partial charge in [0.25, 0.3) is 0 Å². The highest BCUT2D eigenvalue weighted by Gasteiger charge is 2.12. The third-order valence-corrected chi connectivity index (χ3v) is 5.19. The number of nitrogens with zero attached hydrogens (tertiary/aromatic N) is 3. The van der Waals surface area contributed by atoms with Crippen molar-refractivity contribution < 1.29 is 0 Å². The molecule has 0 bridgehead atoms. The smallest absolute Gasteiger partial charge is 0.0994 e. The van der Waals surface area contributed by atoms with Gasteiger partial charge in [0.1, 0.15) is 0 Å². The van der Waals surface area contributed by atoms with Crippen LogP contribution in [-0.4, -0.2) is 14.5 Å². The second-order valence-electron chi connectivity index (χ2n) is 6.05. The zero-order valence-corrected chi connectivity index (χ0v) is 14.9. The van der Waals surface area contributed by atoms with Gasteiger partial charge in [-0.2, -0.15) is 0 Å². The first-order chi connectivity index (χ1) is 12.3. The predicted molar refractivity (Wildman–Crippen MR) is 103 cm³/mol. The van der Waals surface area contributed by atoms with Crippen LogP contribution >= 0.6 is 11.3 Å². The average Bonchev–Trinajstić information content (AvgIpc) is 3.23. The Balaban J connectivity index is 1.57. The Morgan fingerprint density at radius 3 is 2.44 bits per heavy atom. The fourth-order valence-electron chi connectivity index (χ4n) is 2.96. The molecule has 4 heteroatoms. The summed E-state index contributed by atoms with van der Waals surface area (Å²) in [6.45, 7) is 2.98. The van der Waals surface area contributed by atoms with Gasteiger partial charge in [0.2, 0.25) is 0 Å². The SMILES string of the molecule is Cc1sc(Cc2cncn2Cc2ccccc2)nc1-c1ccccc1. The molecule has 0 saturated heterocycles. The number of aryl methyl sites for hydroxylation is 1. The lowest BCUT2D eigenvalue weighted by Gasteiger charge is -2.07. The van der Waals surface area contributed by atoms with Gasteiger partial charge in [-0.1, -0.05) is 60.7 Å². The molecule has 2 aromatic carbocycles. The first kappa shape index (κ1) is 15.8. The van der Waals surface area contributed by atoms with Crippen molar-refractivity contribution in [1.82, 2.24) is 14.5 Å². The van der Waals surface area contributed by atoms with Crippen LogP contribution in [0.3, 0.4) is 0 Å². The summed E-state index contributed by atoms with van der Waals surface area (Å²) in [6.07, 6.45) is 4.66. The van der Waals surface area contributed by atoms with Crippen molar-refractivity contribution in [3.8, 4) is 11.3 Å². The fourth-order valence-corrected chi connectivity index (χ4v) is 3.93. The number of imidazole rings is 1. The van der Waals surface area contributed by atoms with Crippen LogP contribution in [0.2, 0.25) is 0 Å². The molecular formula is C21H19N3S. The van der Waals surface area contributed by atoms with E-state index in [-0.39, 0.29) is 0 Å². The molecule has 0 saturated carbocycles. The van der Waals surface area contributed by atoms with Gasteiger partial charge in [0.15, 0.2) is 0 Å². The molecule has 124 valence electrons. The van der Waals surface area contributed by atoms with E-state index >= 15 is 0 Å². The molecule has 2 heterocycles. The number of thiazole rings is 1. The molecule has 0 spiro atoms. The van der Waals surface area contributed by atoms with Gasteiger partial charge in [-0.3, -0.25) is 0 Å². The number of hydrogen-bond acceptors (Lipinski definition) is 3. The largest absolute Gasteiger partial charge is 0.330 e. The number of aromatic nitrogens is 3. The monoisotopic (exact) mass is 345 g/mol. The van der Waals surface area contributed by atoms with E-state index in [4.69, 9.17) is 4.98 Å².